The molecule has 0 unspecified atom stereocenters. The van der Waals surface area contributed by atoms with Gasteiger partial charge in [-0.1, -0.05) is 12.1 Å². The van der Waals surface area contributed by atoms with E-state index in [2.05, 4.69) is 10.3 Å². The van der Waals surface area contributed by atoms with Gasteiger partial charge in [-0.2, -0.15) is 0 Å². The van der Waals surface area contributed by atoms with Crippen molar-refractivity contribution >= 4 is 17.6 Å². The molecule has 0 saturated carbocycles. The molecule has 1 heterocycles. The van der Waals surface area contributed by atoms with E-state index in [0.717, 1.165) is 0 Å². The number of rotatable bonds is 5. The quantitative estimate of drug-likeness (QED) is 0.764. The lowest BCUT2D eigenvalue weighted by molar-refractivity contribution is 0.0696. The van der Waals surface area contributed by atoms with Crippen LogP contribution >= 0.6 is 0 Å². The van der Waals surface area contributed by atoms with E-state index in [4.69, 9.17) is 10.8 Å². The van der Waals surface area contributed by atoms with Gasteiger partial charge in [-0.25, -0.2) is 4.79 Å². The number of primary amides is 1. The summed E-state index contributed by atoms with van der Waals surface area (Å²) in [5.41, 5.74) is 6.96. The van der Waals surface area contributed by atoms with E-state index in [0.29, 0.717) is 23.5 Å². The number of hydrogen-bond donors (Lipinski definition) is 3. The summed E-state index contributed by atoms with van der Waals surface area (Å²) in [5, 5.41) is 11.9. The Morgan fingerprint density at radius 1 is 1.25 bits per heavy atom. The van der Waals surface area contributed by atoms with E-state index in [1.165, 1.54) is 18.3 Å². The summed E-state index contributed by atoms with van der Waals surface area (Å²) in [6.07, 6.45) is 1.43. The van der Waals surface area contributed by atoms with Crippen molar-refractivity contribution in [2.24, 2.45) is 5.73 Å². The number of amides is 1. The van der Waals surface area contributed by atoms with Crippen molar-refractivity contribution in [3.8, 4) is 0 Å². The highest BCUT2D eigenvalue weighted by molar-refractivity contribution is 5.98. The largest absolute Gasteiger partial charge is 0.478 e. The number of nitrogens with one attached hydrogen (secondary N) is 1. The number of pyridine rings is 1. The number of anilines is 1. The second-order valence-corrected chi connectivity index (χ2v) is 4.10. The summed E-state index contributed by atoms with van der Waals surface area (Å²) in [6, 6.07) is 9.72. The molecule has 0 spiro atoms. The number of nitrogens with zero attached hydrogens (tertiary/aromatic N) is 1. The van der Waals surface area contributed by atoms with Gasteiger partial charge < -0.3 is 16.2 Å². The number of aromatic carboxylic acids is 1. The van der Waals surface area contributed by atoms with E-state index in [1.54, 1.807) is 24.3 Å². The van der Waals surface area contributed by atoms with Crippen molar-refractivity contribution < 1.29 is 14.7 Å². The highest BCUT2D eigenvalue weighted by atomic mass is 16.4. The smallest absolute Gasteiger partial charge is 0.335 e. The minimum absolute atomic E-state index is 0.167. The number of nitrogens with two attached hydrogens (primary N) is 1. The van der Waals surface area contributed by atoms with Crippen LogP contribution in [0.15, 0.2) is 42.6 Å². The first-order chi connectivity index (χ1) is 9.58. The number of benzene rings is 1. The number of carbonyl (C=O) groups is 2. The Bertz CT molecular complexity index is 656. The Hall–Kier alpha value is -2.89. The fraction of sp³-hybridized carbons (Fsp3) is 0.0714. The van der Waals surface area contributed by atoms with Gasteiger partial charge >= 0.3 is 5.97 Å². The number of para-hydroxylation sites is 1. The molecule has 6 heteroatoms. The number of aromatic nitrogens is 1. The van der Waals surface area contributed by atoms with Gasteiger partial charge in [0, 0.05) is 11.9 Å². The first kappa shape index (κ1) is 13.5. The van der Waals surface area contributed by atoms with Crippen LogP contribution in [0.2, 0.25) is 0 Å². The fourth-order valence-electron chi connectivity index (χ4n) is 1.75. The zero-order valence-corrected chi connectivity index (χ0v) is 10.5. The average Bonchev–Trinajstić information content (AvgIpc) is 2.45. The minimum atomic E-state index is -1.01. The molecule has 102 valence electrons. The van der Waals surface area contributed by atoms with Crippen LogP contribution < -0.4 is 11.1 Å². The number of carboxylic acids is 1. The van der Waals surface area contributed by atoms with Gasteiger partial charge in [0.1, 0.15) is 0 Å². The summed E-state index contributed by atoms with van der Waals surface area (Å²) in [5.74, 6) is -1.54. The van der Waals surface area contributed by atoms with Crippen LogP contribution in [0.3, 0.4) is 0 Å². The van der Waals surface area contributed by atoms with Crippen molar-refractivity contribution in [3.05, 3.63) is 59.4 Å². The monoisotopic (exact) mass is 271 g/mol. The molecular formula is C14H13N3O3. The summed E-state index contributed by atoms with van der Waals surface area (Å²) in [6.45, 7) is 0.297. The molecule has 0 aliphatic heterocycles. The number of carboxylic acid groups (broad SMARTS) is 1. The molecule has 6 nitrogen and oxygen atoms in total. The molecule has 4 N–H and O–H groups in total. The molecule has 1 amide bonds. The summed E-state index contributed by atoms with van der Waals surface area (Å²) in [7, 11) is 0. The van der Waals surface area contributed by atoms with Gasteiger partial charge in [0.25, 0.3) is 5.91 Å². The maximum Gasteiger partial charge on any atom is 0.335 e. The zero-order chi connectivity index (χ0) is 14.5. The van der Waals surface area contributed by atoms with Gasteiger partial charge in [-0.05, 0) is 24.3 Å². The first-order valence-electron chi connectivity index (χ1n) is 5.89. The van der Waals surface area contributed by atoms with Crippen molar-refractivity contribution in [3.63, 3.8) is 0 Å². The minimum Gasteiger partial charge on any atom is -0.478 e. The number of carbonyl (C=O) groups excluding carboxylic acids is 1. The molecular weight excluding hydrogens is 258 g/mol. The van der Waals surface area contributed by atoms with E-state index >= 15 is 0 Å². The van der Waals surface area contributed by atoms with Crippen LogP contribution in [-0.2, 0) is 6.54 Å². The molecule has 0 saturated heterocycles. The normalized spacial score (nSPS) is 10.0. The Balaban J connectivity index is 2.15. The molecule has 0 atom stereocenters. The van der Waals surface area contributed by atoms with Crippen LogP contribution in [-0.4, -0.2) is 22.0 Å². The molecule has 0 radical (unpaired) electrons. The Labute approximate surface area is 115 Å². The predicted molar refractivity (Wildman–Crippen MR) is 73.5 cm³/mol. The molecule has 0 aliphatic carbocycles. The molecule has 1 aromatic carbocycles. The summed E-state index contributed by atoms with van der Waals surface area (Å²) in [4.78, 5) is 26.2. The fourth-order valence-corrected chi connectivity index (χ4v) is 1.75. The maximum absolute atomic E-state index is 11.3. The predicted octanol–water partition coefficient (Wildman–Crippen LogP) is 1.49. The lowest BCUT2D eigenvalue weighted by Gasteiger charge is -2.09. The molecule has 2 rings (SSSR count). The van der Waals surface area contributed by atoms with Gasteiger partial charge in [-0.3, -0.25) is 9.78 Å². The van der Waals surface area contributed by atoms with E-state index in [-0.39, 0.29) is 5.56 Å². The molecule has 2 aromatic rings. The molecule has 0 bridgehead atoms. The van der Waals surface area contributed by atoms with Gasteiger partial charge in [-0.15, -0.1) is 0 Å². The third-order valence-electron chi connectivity index (χ3n) is 2.72. The number of hydrogen-bond acceptors (Lipinski definition) is 4. The SMILES string of the molecule is NC(=O)c1ccccc1NCc1cc(C(=O)O)ccn1. The highest BCUT2D eigenvalue weighted by Crippen LogP contribution is 2.15. The second-order valence-electron chi connectivity index (χ2n) is 4.10. The Morgan fingerprint density at radius 3 is 2.70 bits per heavy atom. The Morgan fingerprint density at radius 2 is 2.00 bits per heavy atom. The first-order valence-corrected chi connectivity index (χ1v) is 5.89. The second kappa shape index (κ2) is 5.83. The maximum atomic E-state index is 11.3. The molecule has 0 fully saturated rings. The van der Waals surface area contributed by atoms with Crippen LogP contribution in [0.4, 0.5) is 5.69 Å². The van der Waals surface area contributed by atoms with Crippen molar-refractivity contribution in [1.82, 2.24) is 4.98 Å². The third-order valence-corrected chi connectivity index (χ3v) is 2.72. The summed E-state index contributed by atoms with van der Waals surface area (Å²) < 4.78 is 0. The van der Waals surface area contributed by atoms with Crippen LogP contribution in [0.1, 0.15) is 26.4 Å². The van der Waals surface area contributed by atoms with Gasteiger partial charge in [0.15, 0.2) is 0 Å². The Kier molecular flexibility index (Phi) is 3.95. The lowest BCUT2D eigenvalue weighted by atomic mass is 10.1. The molecule has 1 aromatic heterocycles. The molecule has 20 heavy (non-hydrogen) atoms. The van der Waals surface area contributed by atoms with E-state index in [1.807, 2.05) is 0 Å². The topological polar surface area (TPSA) is 105 Å². The van der Waals surface area contributed by atoms with Crippen LogP contribution in [0.25, 0.3) is 0 Å². The van der Waals surface area contributed by atoms with Gasteiger partial charge in [0.05, 0.1) is 23.4 Å². The van der Waals surface area contributed by atoms with Crippen molar-refractivity contribution in [1.29, 1.82) is 0 Å². The zero-order valence-electron chi connectivity index (χ0n) is 10.5. The standard InChI is InChI=1S/C14H13N3O3/c15-13(18)11-3-1-2-4-12(11)17-8-10-7-9(14(19)20)5-6-16-10/h1-7,17H,8H2,(H2,15,18)(H,19,20). The van der Waals surface area contributed by atoms with Crippen LogP contribution in [0, 0.1) is 0 Å². The third kappa shape index (κ3) is 3.11. The molecule has 0 aliphatic rings. The average molecular weight is 271 g/mol. The van der Waals surface area contributed by atoms with Crippen molar-refractivity contribution in [2.45, 2.75) is 6.54 Å². The van der Waals surface area contributed by atoms with Gasteiger partial charge in [0.2, 0.25) is 0 Å². The van der Waals surface area contributed by atoms with Crippen molar-refractivity contribution in [2.75, 3.05) is 5.32 Å². The summed E-state index contributed by atoms with van der Waals surface area (Å²) >= 11 is 0. The lowest BCUT2D eigenvalue weighted by Crippen LogP contribution is -2.14. The van der Waals surface area contributed by atoms with E-state index in [9.17, 15) is 9.59 Å². The highest BCUT2D eigenvalue weighted by Gasteiger charge is 2.08. The van der Waals surface area contributed by atoms with E-state index < -0.39 is 11.9 Å². The van der Waals surface area contributed by atoms with Crippen LogP contribution in [0.5, 0.6) is 0 Å².